The molecule has 1 amide bonds. The summed E-state index contributed by atoms with van der Waals surface area (Å²) in [6, 6.07) is 0.480. The molecule has 0 aromatic rings. The normalized spacial score (nSPS) is 27.6. The van der Waals surface area contributed by atoms with Gasteiger partial charge in [0.1, 0.15) is 5.60 Å². The monoisotopic (exact) mass is 269 g/mol. The van der Waals surface area contributed by atoms with Crippen LogP contribution in [0.2, 0.25) is 0 Å². The molecule has 2 aliphatic rings. The van der Waals surface area contributed by atoms with E-state index in [1.54, 1.807) is 7.11 Å². The number of ether oxygens (including phenoxy) is 1. The molecule has 5 nitrogen and oxygen atoms in total. The summed E-state index contributed by atoms with van der Waals surface area (Å²) in [6.07, 6.45) is 3.84. The van der Waals surface area contributed by atoms with E-state index in [9.17, 15) is 4.79 Å². The summed E-state index contributed by atoms with van der Waals surface area (Å²) in [6.45, 7) is 3.45. The first-order valence-electron chi connectivity index (χ1n) is 7.31. The Morgan fingerprint density at radius 2 is 2.05 bits per heavy atom. The molecule has 2 heterocycles. The van der Waals surface area contributed by atoms with Crippen molar-refractivity contribution in [3.05, 3.63) is 0 Å². The molecule has 110 valence electrons. The van der Waals surface area contributed by atoms with E-state index in [1.807, 2.05) is 4.90 Å². The largest absolute Gasteiger partial charge is 0.368 e. The van der Waals surface area contributed by atoms with Gasteiger partial charge in [0.15, 0.2) is 0 Å². The molecular formula is C14H27N3O2. The quantitative estimate of drug-likeness (QED) is 0.801. The highest BCUT2D eigenvalue weighted by Crippen LogP contribution is 2.27. The average Bonchev–Trinajstić information content (AvgIpc) is 2.47. The Labute approximate surface area is 116 Å². The first-order chi connectivity index (χ1) is 9.09. The number of piperidine rings is 2. The van der Waals surface area contributed by atoms with Crippen molar-refractivity contribution < 1.29 is 9.53 Å². The molecule has 1 N–H and O–H groups in total. The number of nitrogens with zero attached hydrogens (tertiary/aromatic N) is 2. The minimum absolute atomic E-state index is 0.197. The maximum Gasteiger partial charge on any atom is 0.254 e. The van der Waals surface area contributed by atoms with Crippen LogP contribution in [0.4, 0.5) is 0 Å². The first kappa shape index (κ1) is 14.8. The predicted octanol–water partition coefficient (Wildman–Crippen LogP) is 0.308. The number of amides is 1. The number of methoxy groups -OCH3 is 1. The molecule has 5 heteroatoms. The molecular weight excluding hydrogens is 242 g/mol. The fourth-order valence-electron chi connectivity index (χ4n) is 3.18. The van der Waals surface area contributed by atoms with Gasteiger partial charge in [0, 0.05) is 26.2 Å². The van der Waals surface area contributed by atoms with E-state index in [0.29, 0.717) is 6.04 Å². The lowest BCUT2D eigenvalue weighted by Gasteiger charge is -2.42. The lowest BCUT2D eigenvalue weighted by atomic mass is 9.89. The lowest BCUT2D eigenvalue weighted by Crippen LogP contribution is -2.58. The van der Waals surface area contributed by atoms with Crippen LogP contribution < -0.4 is 5.32 Å². The zero-order chi connectivity index (χ0) is 13.9. The van der Waals surface area contributed by atoms with Crippen molar-refractivity contribution in [2.75, 3.05) is 47.4 Å². The van der Waals surface area contributed by atoms with Crippen LogP contribution in [0.5, 0.6) is 0 Å². The van der Waals surface area contributed by atoms with Gasteiger partial charge in [-0.2, -0.15) is 0 Å². The Balaban J connectivity index is 2.04. The van der Waals surface area contributed by atoms with E-state index in [4.69, 9.17) is 4.74 Å². The van der Waals surface area contributed by atoms with E-state index in [-0.39, 0.29) is 5.91 Å². The van der Waals surface area contributed by atoms with Crippen LogP contribution in [0, 0.1) is 0 Å². The summed E-state index contributed by atoms with van der Waals surface area (Å²) in [5.41, 5.74) is -0.584. The SMILES string of the molecule is COC1(C(=O)N2CCCC(N(C)C)C2)CCNCC1. The standard InChI is InChI=1S/C14H27N3O2/c1-16(2)12-5-4-10-17(11-12)13(18)14(19-3)6-8-15-9-7-14/h12,15H,4-11H2,1-3H3. The highest BCUT2D eigenvalue weighted by Gasteiger charge is 2.43. The summed E-state index contributed by atoms with van der Waals surface area (Å²) < 4.78 is 5.64. The van der Waals surface area contributed by atoms with Gasteiger partial charge in [-0.3, -0.25) is 4.79 Å². The van der Waals surface area contributed by atoms with E-state index < -0.39 is 5.60 Å². The Bertz CT molecular complexity index is 314. The highest BCUT2D eigenvalue weighted by atomic mass is 16.5. The van der Waals surface area contributed by atoms with Crippen LogP contribution >= 0.6 is 0 Å². The highest BCUT2D eigenvalue weighted by molar-refractivity contribution is 5.85. The zero-order valence-corrected chi connectivity index (χ0v) is 12.4. The zero-order valence-electron chi connectivity index (χ0n) is 12.4. The molecule has 2 fully saturated rings. The second-order valence-electron chi connectivity index (χ2n) is 5.96. The van der Waals surface area contributed by atoms with Gasteiger partial charge in [0.05, 0.1) is 0 Å². The van der Waals surface area contributed by atoms with Crippen molar-refractivity contribution in [2.45, 2.75) is 37.3 Å². The number of hydrogen-bond donors (Lipinski definition) is 1. The fraction of sp³-hybridized carbons (Fsp3) is 0.929. The number of nitrogens with one attached hydrogen (secondary N) is 1. The van der Waals surface area contributed by atoms with Crippen LogP contribution in [0.3, 0.4) is 0 Å². The lowest BCUT2D eigenvalue weighted by molar-refractivity contribution is -0.160. The summed E-state index contributed by atoms with van der Waals surface area (Å²) in [4.78, 5) is 17.1. The van der Waals surface area contributed by atoms with Crippen molar-refractivity contribution in [2.24, 2.45) is 0 Å². The van der Waals surface area contributed by atoms with Crippen molar-refractivity contribution >= 4 is 5.91 Å². The van der Waals surface area contributed by atoms with Gasteiger partial charge in [-0.25, -0.2) is 0 Å². The minimum Gasteiger partial charge on any atom is -0.368 e. The van der Waals surface area contributed by atoms with E-state index >= 15 is 0 Å². The Hall–Kier alpha value is -0.650. The molecule has 2 rings (SSSR count). The molecule has 19 heavy (non-hydrogen) atoms. The van der Waals surface area contributed by atoms with Gasteiger partial charge < -0.3 is 19.9 Å². The average molecular weight is 269 g/mol. The topological polar surface area (TPSA) is 44.8 Å². The summed E-state index contributed by atoms with van der Waals surface area (Å²) in [5.74, 6) is 0.197. The fourth-order valence-corrected chi connectivity index (χ4v) is 3.18. The Kier molecular flexibility index (Phi) is 4.81. The van der Waals surface area contributed by atoms with Crippen molar-refractivity contribution in [3.63, 3.8) is 0 Å². The molecule has 1 atom stereocenters. The van der Waals surface area contributed by atoms with Gasteiger partial charge in [-0.1, -0.05) is 0 Å². The van der Waals surface area contributed by atoms with Gasteiger partial charge in [0.2, 0.25) is 0 Å². The summed E-state index contributed by atoms with van der Waals surface area (Å²) in [7, 11) is 5.86. The molecule has 2 saturated heterocycles. The van der Waals surface area contributed by atoms with Gasteiger partial charge in [-0.15, -0.1) is 0 Å². The van der Waals surface area contributed by atoms with Crippen LogP contribution in [0.15, 0.2) is 0 Å². The predicted molar refractivity (Wildman–Crippen MR) is 75.1 cm³/mol. The number of hydrogen-bond acceptors (Lipinski definition) is 4. The molecule has 0 spiro atoms. The second kappa shape index (κ2) is 6.20. The molecule has 2 aliphatic heterocycles. The van der Waals surface area contributed by atoms with Crippen molar-refractivity contribution in [1.82, 2.24) is 15.1 Å². The molecule has 0 radical (unpaired) electrons. The maximum atomic E-state index is 12.8. The van der Waals surface area contributed by atoms with Crippen LogP contribution in [-0.2, 0) is 9.53 Å². The van der Waals surface area contributed by atoms with Crippen LogP contribution in [-0.4, -0.2) is 74.7 Å². The van der Waals surface area contributed by atoms with Crippen molar-refractivity contribution in [3.8, 4) is 0 Å². The number of likely N-dealkylation sites (N-methyl/N-ethyl adjacent to an activating group) is 1. The van der Waals surface area contributed by atoms with Gasteiger partial charge >= 0.3 is 0 Å². The number of carbonyl (C=O) groups is 1. The molecule has 0 aromatic carbocycles. The number of likely N-dealkylation sites (tertiary alicyclic amines) is 1. The first-order valence-corrected chi connectivity index (χ1v) is 7.31. The van der Waals surface area contributed by atoms with Crippen LogP contribution in [0.1, 0.15) is 25.7 Å². The third-order valence-electron chi connectivity index (χ3n) is 4.61. The Morgan fingerprint density at radius 1 is 1.37 bits per heavy atom. The minimum atomic E-state index is -0.584. The van der Waals surface area contributed by atoms with E-state index in [2.05, 4.69) is 24.3 Å². The number of carbonyl (C=O) groups excluding carboxylic acids is 1. The third-order valence-corrected chi connectivity index (χ3v) is 4.61. The maximum absolute atomic E-state index is 12.8. The summed E-state index contributed by atoms with van der Waals surface area (Å²) in [5, 5.41) is 3.30. The molecule has 1 unspecified atom stereocenters. The molecule has 0 bridgehead atoms. The smallest absolute Gasteiger partial charge is 0.254 e. The third kappa shape index (κ3) is 3.09. The van der Waals surface area contributed by atoms with Gasteiger partial charge in [-0.05, 0) is 52.9 Å². The number of rotatable bonds is 3. The van der Waals surface area contributed by atoms with E-state index in [0.717, 1.165) is 45.4 Å². The second-order valence-corrected chi connectivity index (χ2v) is 5.96. The Morgan fingerprint density at radius 3 is 2.63 bits per heavy atom. The molecule has 0 aliphatic carbocycles. The van der Waals surface area contributed by atoms with E-state index in [1.165, 1.54) is 6.42 Å². The van der Waals surface area contributed by atoms with Crippen molar-refractivity contribution in [1.29, 1.82) is 0 Å². The molecule has 0 aromatic heterocycles. The van der Waals surface area contributed by atoms with Crippen LogP contribution in [0.25, 0.3) is 0 Å². The van der Waals surface area contributed by atoms with Gasteiger partial charge in [0.25, 0.3) is 5.91 Å². The summed E-state index contributed by atoms with van der Waals surface area (Å²) >= 11 is 0. The molecule has 0 saturated carbocycles.